The van der Waals surface area contributed by atoms with E-state index in [2.05, 4.69) is 32.6 Å². The van der Waals surface area contributed by atoms with Gasteiger partial charge in [-0.05, 0) is 30.3 Å². The first-order valence-electron chi connectivity index (χ1n) is 5.00. The number of rotatable bonds is 4. The van der Waals surface area contributed by atoms with E-state index in [4.69, 9.17) is 4.74 Å². The van der Waals surface area contributed by atoms with Crippen molar-refractivity contribution < 1.29 is 4.74 Å². The van der Waals surface area contributed by atoms with Gasteiger partial charge < -0.3 is 4.74 Å². The van der Waals surface area contributed by atoms with E-state index < -0.39 is 0 Å². The molecule has 0 N–H and O–H groups in total. The molecule has 0 aromatic heterocycles. The first kappa shape index (κ1) is 11.5. The van der Waals surface area contributed by atoms with Crippen molar-refractivity contribution >= 4 is 8.58 Å². The second kappa shape index (κ2) is 5.36. The van der Waals surface area contributed by atoms with E-state index in [9.17, 15) is 0 Å². The van der Waals surface area contributed by atoms with Crippen molar-refractivity contribution in [2.75, 3.05) is 13.8 Å². The molecule has 2 unspecified atom stereocenters. The van der Waals surface area contributed by atoms with Gasteiger partial charge in [-0.1, -0.05) is 26.0 Å². The second-order valence-electron chi connectivity index (χ2n) is 3.78. The van der Waals surface area contributed by atoms with E-state index >= 15 is 0 Å². The SMILES string of the molecule is COc1ccc(C(PC)C(C)C)cc1. The van der Waals surface area contributed by atoms with E-state index in [0.717, 1.165) is 14.3 Å². The zero-order valence-electron chi connectivity index (χ0n) is 9.37. The monoisotopic (exact) mass is 210 g/mol. The van der Waals surface area contributed by atoms with Crippen molar-refractivity contribution in [3.63, 3.8) is 0 Å². The number of hydrogen-bond donors (Lipinski definition) is 0. The molecule has 0 saturated carbocycles. The summed E-state index contributed by atoms with van der Waals surface area (Å²) in [5, 5.41) is 0. The molecule has 14 heavy (non-hydrogen) atoms. The average molecular weight is 210 g/mol. The lowest BCUT2D eigenvalue weighted by Gasteiger charge is -2.19. The van der Waals surface area contributed by atoms with Gasteiger partial charge in [-0.25, -0.2) is 0 Å². The van der Waals surface area contributed by atoms with Crippen LogP contribution < -0.4 is 4.74 Å². The molecule has 0 spiro atoms. The van der Waals surface area contributed by atoms with Crippen LogP contribution >= 0.6 is 8.58 Å². The van der Waals surface area contributed by atoms with Gasteiger partial charge in [0.25, 0.3) is 0 Å². The summed E-state index contributed by atoms with van der Waals surface area (Å²) in [6, 6.07) is 8.45. The molecule has 0 radical (unpaired) electrons. The van der Waals surface area contributed by atoms with Gasteiger partial charge in [0.2, 0.25) is 0 Å². The Morgan fingerprint density at radius 3 is 2.07 bits per heavy atom. The van der Waals surface area contributed by atoms with Crippen LogP contribution in [0.2, 0.25) is 0 Å². The lowest BCUT2D eigenvalue weighted by Crippen LogP contribution is -2.00. The van der Waals surface area contributed by atoms with Crippen LogP contribution in [0.1, 0.15) is 25.1 Å². The van der Waals surface area contributed by atoms with Crippen LogP contribution in [0.4, 0.5) is 0 Å². The standard InChI is InChI=1S/C12H19OP/c1-9(2)12(14-4)10-5-7-11(13-3)8-6-10/h5-9,12,14H,1-4H3. The largest absolute Gasteiger partial charge is 0.497 e. The maximum absolute atomic E-state index is 5.15. The fraction of sp³-hybridized carbons (Fsp3) is 0.500. The lowest BCUT2D eigenvalue weighted by atomic mass is 10.0. The van der Waals surface area contributed by atoms with Crippen LogP contribution in [0.25, 0.3) is 0 Å². The molecule has 1 aromatic rings. The third-order valence-corrected chi connectivity index (χ3v) is 4.07. The topological polar surface area (TPSA) is 9.23 Å². The van der Waals surface area contributed by atoms with E-state index in [1.54, 1.807) is 7.11 Å². The Labute approximate surface area is 88.6 Å². The average Bonchev–Trinajstić information content (AvgIpc) is 2.19. The first-order chi connectivity index (χ1) is 6.69. The maximum Gasteiger partial charge on any atom is 0.118 e. The lowest BCUT2D eigenvalue weighted by molar-refractivity contribution is 0.414. The van der Waals surface area contributed by atoms with Crippen molar-refractivity contribution in [2.24, 2.45) is 5.92 Å². The number of hydrogen-bond acceptors (Lipinski definition) is 1. The molecule has 78 valence electrons. The number of benzene rings is 1. The molecule has 0 fully saturated rings. The molecular weight excluding hydrogens is 191 g/mol. The fourth-order valence-electron chi connectivity index (χ4n) is 1.70. The molecule has 1 nitrogen and oxygen atoms in total. The predicted octanol–water partition coefficient (Wildman–Crippen LogP) is 3.70. The van der Waals surface area contributed by atoms with Crippen molar-refractivity contribution in [2.45, 2.75) is 19.5 Å². The van der Waals surface area contributed by atoms with Gasteiger partial charge in [-0.15, -0.1) is 8.58 Å². The third-order valence-electron chi connectivity index (χ3n) is 2.45. The molecule has 0 bridgehead atoms. The highest BCUT2D eigenvalue weighted by Gasteiger charge is 2.12. The van der Waals surface area contributed by atoms with Crippen molar-refractivity contribution in [1.29, 1.82) is 0 Å². The van der Waals surface area contributed by atoms with Gasteiger partial charge in [0, 0.05) is 5.66 Å². The smallest absolute Gasteiger partial charge is 0.118 e. The van der Waals surface area contributed by atoms with Crippen molar-refractivity contribution in [1.82, 2.24) is 0 Å². The molecule has 0 aliphatic carbocycles. The third kappa shape index (κ3) is 2.72. The summed E-state index contributed by atoms with van der Waals surface area (Å²) in [7, 11) is 2.67. The fourth-order valence-corrected chi connectivity index (χ4v) is 2.89. The summed E-state index contributed by atoms with van der Waals surface area (Å²) in [6.45, 7) is 6.84. The Hall–Kier alpha value is -0.550. The summed E-state index contributed by atoms with van der Waals surface area (Å²) in [6.07, 6.45) is 0. The van der Waals surface area contributed by atoms with Gasteiger partial charge in [0.05, 0.1) is 7.11 Å². The van der Waals surface area contributed by atoms with Crippen LogP contribution in [-0.4, -0.2) is 13.8 Å². The van der Waals surface area contributed by atoms with Gasteiger partial charge in [0.1, 0.15) is 5.75 Å². The molecule has 2 atom stereocenters. The van der Waals surface area contributed by atoms with E-state index in [-0.39, 0.29) is 0 Å². The second-order valence-corrected chi connectivity index (χ2v) is 4.98. The highest BCUT2D eigenvalue weighted by atomic mass is 31.1. The normalized spacial score (nSPS) is 13.8. The van der Waals surface area contributed by atoms with Gasteiger partial charge in [-0.2, -0.15) is 0 Å². The van der Waals surface area contributed by atoms with Crippen LogP contribution in [0.3, 0.4) is 0 Å². The number of methoxy groups -OCH3 is 1. The summed E-state index contributed by atoms with van der Waals surface area (Å²) >= 11 is 0. The van der Waals surface area contributed by atoms with Gasteiger partial charge in [-0.3, -0.25) is 0 Å². The molecule has 0 saturated heterocycles. The summed E-state index contributed by atoms with van der Waals surface area (Å²) in [5.74, 6) is 1.66. The van der Waals surface area contributed by atoms with Crippen LogP contribution in [0.15, 0.2) is 24.3 Å². The molecule has 0 heterocycles. The summed E-state index contributed by atoms with van der Waals surface area (Å²) in [4.78, 5) is 0. The predicted molar refractivity (Wildman–Crippen MR) is 64.8 cm³/mol. The minimum atomic E-state index is 0.695. The molecule has 0 amide bonds. The Morgan fingerprint density at radius 2 is 1.71 bits per heavy atom. The van der Waals surface area contributed by atoms with E-state index in [1.807, 2.05) is 12.1 Å². The minimum Gasteiger partial charge on any atom is -0.497 e. The Balaban J connectivity index is 2.84. The molecule has 1 rings (SSSR count). The zero-order chi connectivity index (χ0) is 10.6. The van der Waals surface area contributed by atoms with E-state index in [0.29, 0.717) is 11.6 Å². The summed E-state index contributed by atoms with van der Waals surface area (Å²) in [5.41, 5.74) is 2.13. The van der Waals surface area contributed by atoms with Gasteiger partial charge >= 0.3 is 0 Å². The highest BCUT2D eigenvalue weighted by Crippen LogP contribution is 2.38. The molecule has 0 aliphatic rings. The summed E-state index contributed by atoms with van der Waals surface area (Å²) < 4.78 is 5.15. The maximum atomic E-state index is 5.15. The highest BCUT2D eigenvalue weighted by molar-refractivity contribution is 7.37. The van der Waals surface area contributed by atoms with Crippen LogP contribution in [0, 0.1) is 5.92 Å². The molecule has 0 aliphatic heterocycles. The molecular formula is C12H19OP. The molecule has 1 aromatic carbocycles. The van der Waals surface area contributed by atoms with Crippen LogP contribution in [-0.2, 0) is 0 Å². The van der Waals surface area contributed by atoms with Crippen molar-refractivity contribution in [3.8, 4) is 5.75 Å². The number of ether oxygens (including phenoxy) is 1. The van der Waals surface area contributed by atoms with Crippen molar-refractivity contribution in [3.05, 3.63) is 29.8 Å². The van der Waals surface area contributed by atoms with Gasteiger partial charge in [0.15, 0.2) is 0 Å². The molecule has 2 heteroatoms. The first-order valence-corrected chi connectivity index (χ1v) is 6.58. The minimum absolute atomic E-state index is 0.695. The zero-order valence-corrected chi connectivity index (χ0v) is 10.4. The van der Waals surface area contributed by atoms with Crippen LogP contribution in [0.5, 0.6) is 5.75 Å². The quantitative estimate of drug-likeness (QED) is 0.688. The Kier molecular flexibility index (Phi) is 4.41. The Morgan fingerprint density at radius 1 is 1.14 bits per heavy atom. The van der Waals surface area contributed by atoms with E-state index in [1.165, 1.54) is 5.56 Å². The Bertz CT molecular complexity index is 266.